The summed E-state index contributed by atoms with van der Waals surface area (Å²) in [6.07, 6.45) is 1.85. The molecule has 0 spiro atoms. The molecular weight excluding hydrogens is 312 g/mol. The van der Waals surface area contributed by atoms with Crippen LogP contribution in [0, 0.1) is 16.7 Å². The third-order valence-corrected chi connectivity index (χ3v) is 4.86. The molecule has 1 amide bonds. The van der Waals surface area contributed by atoms with E-state index in [1.165, 1.54) is 0 Å². The zero-order valence-electron chi connectivity index (χ0n) is 14.0. The number of hydrogen-bond donors (Lipinski definition) is 0. The van der Waals surface area contributed by atoms with Gasteiger partial charge in [-0.25, -0.2) is 0 Å². The Labute approximate surface area is 146 Å². The summed E-state index contributed by atoms with van der Waals surface area (Å²) >= 11 is 0. The lowest BCUT2D eigenvalue weighted by Gasteiger charge is -2.32. The van der Waals surface area contributed by atoms with Crippen LogP contribution in [0.2, 0.25) is 0 Å². The zero-order chi connectivity index (χ0) is 17.8. The maximum Gasteiger partial charge on any atom is 0.258 e. The van der Waals surface area contributed by atoms with Crippen molar-refractivity contribution >= 4 is 17.4 Å². The van der Waals surface area contributed by atoms with Gasteiger partial charge >= 0.3 is 0 Å². The maximum atomic E-state index is 12.9. The average Bonchev–Trinajstić information content (AvgIpc) is 2.95. The third kappa shape index (κ3) is 2.20. The van der Waals surface area contributed by atoms with Gasteiger partial charge in [-0.1, -0.05) is 18.2 Å². The van der Waals surface area contributed by atoms with Crippen molar-refractivity contribution in [1.29, 1.82) is 5.26 Å². The predicted octanol–water partition coefficient (Wildman–Crippen LogP) is 3.78. The molecule has 4 rings (SSSR count). The summed E-state index contributed by atoms with van der Waals surface area (Å²) < 4.78 is 0. The molecule has 25 heavy (non-hydrogen) atoms. The molecule has 0 saturated carbocycles. The number of carbonyl (C=O) groups excluding carboxylic acids is 2. The Balaban J connectivity index is 1.89. The first kappa shape index (κ1) is 15.3. The van der Waals surface area contributed by atoms with E-state index in [4.69, 9.17) is 0 Å². The van der Waals surface area contributed by atoms with Gasteiger partial charge in [0.05, 0.1) is 18.2 Å². The Kier molecular flexibility index (Phi) is 3.16. The van der Waals surface area contributed by atoms with Crippen molar-refractivity contribution in [3.8, 4) is 6.07 Å². The maximum absolute atomic E-state index is 12.9. The van der Waals surface area contributed by atoms with Crippen molar-refractivity contribution in [2.45, 2.75) is 20.4 Å². The largest absolute Gasteiger partial charge is 0.304 e. The normalized spacial score (nSPS) is 17.6. The van der Waals surface area contributed by atoms with Gasteiger partial charge in [0, 0.05) is 27.8 Å². The fraction of sp³-hybridized carbons (Fsp3) is 0.190. The number of rotatable bonds is 1. The van der Waals surface area contributed by atoms with E-state index in [1.807, 2.05) is 44.2 Å². The second kappa shape index (κ2) is 5.15. The van der Waals surface area contributed by atoms with Gasteiger partial charge < -0.3 is 4.90 Å². The summed E-state index contributed by atoms with van der Waals surface area (Å²) in [5.74, 6) is -0.0693. The van der Waals surface area contributed by atoms with E-state index in [2.05, 4.69) is 6.07 Å². The lowest BCUT2D eigenvalue weighted by atomic mass is 9.76. The number of benzene rings is 2. The van der Waals surface area contributed by atoms with Gasteiger partial charge in [-0.2, -0.15) is 5.26 Å². The minimum Gasteiger partial charge on any atom is -0.304 e. The highest BCUT2D eigenvalue weighted by Gasteiger charge is 2.39. The molecule has 1 heterocycles. The molecule has 0 bridgehead atoms. The van der Waals surface area contributed by atoms with E-state index in [-0.39, 0.29) is 11.7 Å². The molecule has 4 nitrogen and oxygen atoms in total. The molecule has 0 saturated heterocycles. The van der Waals surface area contributed by atoms with Crippen molar-refractivity contribution < 1.29 is 9.59 Å². The summed E-state index contributed by atoms with van der Waals surface area (Å²) in [5, 5.41) is 9.22. The van der Waals surface area contributed by atoms with E-state index in [0.717, 1.165) is 5.56 Å². The molecule has 0 N–H and O–H groups in total. The Bertz CT molecular complexity index is 1010. The quantitative estimate of drug-likeness (QED) is 0.800. The van der Waals surface area contributed by atoms with E-state index < -0.39 is 5.41 Å². The van der Waals surface area contributed by atoms with E-state index in [9.17, 15) is 14.9 Å². The Morgan fingerprint density at radius 1 is 1.04 bits per heavy atom. The summed E-state index contributed by atoms with van der Waals surface area (Å²) in [6, 6.07) is 14.7. The molecule has 1 aliphatic carbocycles. The van der Waals surface area contributed by atoms with Crippen LogP contribution in [0.25, 0.3) is 5.70 Å². The molecule has 0 unspecified atom stereocenters. The van der Waals surface area contributed by atoms with Crippen molar-refractivity contribution in [3.05, 3.63) is 76.4 Å². The van der Waals surface area contributed by atoms with Crippen LogP contribution >= 0.6 is 0 Å². The molecule has 2 aromatic carbocycles. The van der Waals surface area contributed by atoms with Gasteiger partial charge in [0.2, 0.25) is 0 Å². The topological polar surface area (TPSA) is 61.2 Å². The summed E-state index contributed by atoms with van der Waals surface area (Å²) in [4.78, 5) is 27.4. The van der Waals surface area contributed by atoms with Crippen molar-refractivity contribution in [2.75, 3.05) is 0 Å². The third-order valence-electron chi connectivity index (χ3n) is 4.86. The van der Waals surface area contributed by atoms with Crippen molar-refractivity contribution in [1.82, 2.24) is 4.90 Å². The standard InChI is InChI=1S/C21H16N2O2/c1-21(2)10-18(17-9-13(11-22)7-8-16(17)19(21)24)23-12-14-5-3-4-6-15(14)20(23)25/h3-10H,12H2,1-2H3. The highest BCUT2D eigenvalue weighted by molar-refractivity contribution is 6.11. The smallest absolute Gasteiger partial charge is 0.258 e. The van der Waals surface area contributed by atoms with E-state index in [1.54, 1.807) is 23.1 Å². The number of amides is 1. The van der Waals surface area contributed by atoms with E-state index >= 15 is 0 Å². The molecule has 2 aromatic rings. The monoisotopic (exact) mass is 328 g/mol. The van der Waals surface area contributed by atoms with Crippen LogP contribution < -0.4 is 0 Å². The number of nitriles is 1. The van der Waals surface area contributed by atoms with E-state index in [0.29, 0.717) is 34.5 Å². The second-order valence-electron chi connectivity index (χ2n) is 7.00. The Morgan fingerprint density at radius 3 is 2.52 bits per heavy atom. The Morgan fingerprint density at radius 2 is 1.80 bits per heavy atom. The molecule has 0 aromatic heterocycles. The van der Waals surface area contributed by atoms with Crippen LogP contribution in [0.15, 0.2) is 48.5 Å². The molecule has 122 valence electrons. The van der Waals surface area contributed by atoms with Gasteiger partial charge in [-0.3, -0.25) is 9.59 Å². The fourth-order valence-electron chi connectivity index (χ4n) is 3.53. The van der Waals surface area contributed by atoms with Crippen LogP contribution in [0.4, 0.5) is 0 Å². The number of Topliss-reactive ketones (excluding diaryl/α,β-unsaturated/α-hetero) is 1. The first-order valence-electron chi connectivity index (χ1n) is 8.14. The second-order valence-corrected chi connectivity index (χ2v) is 7.00. The molecular formula is C21H16N2O2. The van der Waals surface area contributed by atoms with Gasteiger partial charge in [-0.15, -0.1) is 0 Å². The molecule has 0 radical (unpaired) electrons. The number of allylic oxidation sites excluding steroid dienone is 1. The minimum absolute atomic E-state index is 0.0000927. The van der Waals surface area contributed by atoms with Crippen LogP contribution in [0.1, 0.15) is 51.3 Å². The first-order valence-corrected chi connectivity index (χ1v) is 8.14. The Hall–Kier alpha value is -3.19. The van der Waals surface area contributed by atoms with Crippen LogP contribution in [-0.2, 0) is 6.54 Å². The van der Waals surface area contributed by atoms with Gasteiger partial charge in [-0.05, 0) is 49.8 Å². The van der Waals surface area contributed by atoms with Crippen LogP contribution in [0.5, 0.6) is 0 Å². The summed E-state index contributed by atoms with van der Waals surface area (Å²) in [7, 11) is 0. The summed E-state index contributed by atoms with van der Waals surface area (Å²) in [6.45, 7) is 4.18. The molecule has 1 aliphatic heterocycles. The highest BCUT2D eigenvalue weighted by atomic mass is 16.2. The number of carbonyl (C=O) groups is 2. The first-order chi connectivity index (χ1) is 11.9. The predicted molar refractivity (Wildman–Crippen MR) is 93.6 cm³/mol. The molecule has 0 atom stereocenters. The van der Waals surface area contributed by atoms with Gasteiger partial charge in [0.25, 0.3) is 5.91 Å². The van der Waals surface area contributed by atoms with Crippen molar-refractivity contribution in [2.24, 2.45) is 5.41 Å². The highest BCUT2D eigenvalue weighted by Crippen LogP contribution is 2.41. The zero-order valence-corrected chi connectivity index (χ0v) is 14.0. The lowest BCUT2D eigenvalue weighted by Crippen LogP contribution is -2.32. The van der Waals surface area contributed by atoms with Crippen molar-refractivity contribution in [3.63, 3.8) is 0 Å². The van der Waals surface area contributed by atoms with Gasteiger partial charge in [0.15, 0.2) is 5.78 Å². The number of ketones is 1. The molecule has 2 aliphatic rings. The van der Waals surface area contributed by atoms with Crippen LogP contribution in [0.3, 0.4) is 0 Å². The van der Waals surface area contributed by atoms with Gasteiger partial charge in [0.1, 0.15) is 0 Å². The lowest BCUT2D eigenvalue weighted by molar-refractivity contribution is 0.0835. The fourth-order valence-corrected chi connectivity index (χ4v) is 3.53. The average molecular weight is 328 g/mol. The number of fused-ring (bicyclic) bond motifs is 2. The number of nitrogens with zero attached hydrogens (tertiary/aromatic N) is 2. The molecule has 0 fully saturated rings. The molecule has 4 heteroatoms. The number of hydrogen-bond acceptors (Lipinski definition) is 3. The van der Waals surface area contributed by atoms with Crippen LogP contribution in [-0.4, -0.2) is 16.6 Å². The SMILES string of the molecule is CC1(C)C=C(N2Cc3ccccc3C2=O)c2cc(C#N)ccc2C1=O. The minimum atomic E-state index is -0.703. The summed E-state index contributed by atoms with van der Waals surface area (Å²) in [5.41, 5.74) is 3.36.